The van der Waals surface area contributed by atoms with Crippen LogP contribution in [0.5, 0.6) is 0 Å². The highest BCUT2D eigenvalue weighted by Crippen LogP contribution is 1.95. The van der Waals surface area contributed by atoms with Crippen molar-refractivity contribution in [3.63, 3.8) is 0 Å². The van der Waals surface area contributed by atoms with Crippen molar-refractivity contribution in [3.8, 4) is 0 Å². The number of carboxylic acids is 1. The molecule has 11 heavy (non-hydrogen) atoms. The fourth-order valence-corrected chi connectivity index (χ4v) is 0.644. The van der Waals surface area contributed by atoms with E-state index >= 15 is 0 Å². The summed E-state index contributed by atoms with van der Waals surface area (Å²) in [4.78, 5) is 10.0. The zero-order chi connectivity index (χ0) is 8.69. The molecule has 3 nitrogen and oxygen atoms in total. The molecule has 0 aliphatic carbocycles. The molecule has 0 spiro atoms. The van der Waals surface area contributed by atoms with Gasteiger partial charge >= 0.3 is 5.97 Å². The van der Waals surface area contributed by atoms with Crippen LogP contribution in [-0.4, -0.2) is 24.3 Å². The molecule has 1 N–H and O–H groups in total. The zero-order valence-electron chi connectivity index (χ0n) is 7.17. The van der Waals surface area contributed by atoms with Crippen LogP contribution in [0.4, 0.5) is 0 Å². The molecule has 0 saturated heterocycles. The third kappa shape index (κ3) is 9.43. The molecular weight excluding hydrogens is 144 g/mol. The fraction of sp³-hybridized carbons (Fsp3) is 0.875. The maximum Gasteiger partial charge on any atom is 0.303 e. The van der Waals surface area contributed by atoms with Gasteiger partial charge in [-0.25, -0.2) is 0 Å². The van der Waals surface area contributed by atoms with Crippen LogP contribution in [0.1, 0.15) is 26.7 Å². The molecule has 3 heteroatoms. The van der Waals surface area contributed by atoms with E-state index in [0.717, 1.165) is 6.61 Å². The third-order valence-corrected chi connectivity index (χ3v) is 1.13. The van der Waals surface area contributed by atoms with Gasteiger partial charge in [0.25, 0.3) is 0 Å². The SMILES string of the molecule is CC(C)COCCCC(=O)O. The third-order valence-electron chi connectivity index (χ3n) is 1.13. The molecule has 0 aromatic heterocycles. The lowest BCUT2D eigenvalue weighted by molar-refractivity contribution is -0.137. The molecular formula is C8H16O3. The first-order valence-electron chi connectivity index (χ1n) is 3.92. The van der Waals surface area contributed by atoms with Crippen molar-refractivity contribution >= 4 is 5.97 Å². The Morgan fingerprint density at radius 3 is 2.64 bits per heavy atom. The second-order valence-electron chi connectivity index (χ2n) is 2.97. The lowest BCUT2D eigenvalue weighted by Gasteiger charge is -2.04. The number of aliphatic carboxylic acids is 1. The van der Waals surface area contributed by atoms with Gasteiger partial charge in [-0.05, 0) is 12.3 Å². The van der Waals surface area contributed by atoms with Gasteiger partial charge < -0.3 is 9.84 Å². The molecule has 0 bridgehead atoms. The minimum absolute atomic E-state index is 0.206. The van der Waals surface area contributed by atoms with Crippen molar-refractivity contribution in [2.24, 2.45) is 5.92 Å². The largest absolute Gasteiger partial charge is 0.481 e. The van der Waals surface area contributed by atoms with Crippen LogP contribution in [0, 0.1) is 5.92 Å². The summed E-state index contributed by atoms with van der Waals surface area (Å²) < 4.78 is 5.18. The van der Waals surface area contributed by atoms with Crippen LogP contribution >= 0.6 is 0 Å². The smallest absolute Gasteiger partial charge is 0.303 e. The molecule has 0 radical (unpaired) electrons. The highest BCUT2D eigenvalue weighted by molar-refractivity contribution is 5.66. The second-order valence-corrected chi connectivity index (χ2v) is 2.97. The number of ether oxygens (including phenoxy) is 1. The van der Waals surface area contributed by atoms with E-state index in [1.165, 1.54) is 0 Å². The van der Waals surface area contributed by atoms with Crippen molar-refractivity contribution in [2.75, 3.05) is 13.2 Å². The lowest BCUT2D eigenvalue weighted by atomic mass is 10.2. The zero-order valence-corrected chi connectivity index (χ0v) is 7.17. The van der Waals surface area contributed by atoms with E-state index in [2.05, 4.69) is 13.8 Å². The first kappa shape index (κ1) is 10.4. The van der Waals surface area contributed by atoms with Gasteiger partial charge in [-0.2, -0.15) is 0 Å². The molecule has 66 valence electrons. The van der Waals surface area contributed by atoms with Gasteiger partial charge in [0.1, 0.15) is 0 Å². The van der Waals surface area contributed by atoms with Crippen LogP contribution in [0.3, 0.4) is 0 Å². The summed E-state index contributed by atoms with van der Waals surface area (Å²) in [6.45, 7) is 5.42. The summed E-state index contributed by atoms with van der Waals surface area (Å²) in [5.41, 5.74) is 0. The maximum atomic E-state index is 10.0. The highest BCUT2D eigenvalue weighted by atomic mass is 16.5. The first-order chi connectivity index (χ1) is 5.13. The average Bonchev–Trinajstić information content (AvgIpc) is 1.85. The summed E-state index contributed by atoms with van der Waals surface area (Å²) >= 11 is 0. The molecule has 0 saturated carbocycles. The van der Waals surface area contributed by atoms with E-state index in [9.17, 15) is 4.79 Å². The Hall–Kier alpha value is -0.570. The Kier molecular flexibility index (Phi) is 5.84. The van der Waals surface area contributed by atoms with Crippen molar-refractivity contribution in [1.29, 1.82) is 0 Å². The normalized spacial score (nSPS) is 10.5. The number of hydrogen-bond acceptors (Lipinski definition) is 2. The summed E-state index contributed by atoms with van der Waals surface area (Å²) in [6, 6.07) is 0. The Morgan fingerprint density at radius 1 is 1.55 bits per heavy atom. The molecule has 0 aromatic rings. The van der Waals surface area contributed by atoms with E-state index in [1.54, 1.807) is 0 Å². The van der Waals surface area contributed by atoms with E-state index < -0.39 is 5.97 Å². The van der Waals surface area contributed by atoms with Crippen molar-refractivity contribution in [2.45, 2.75) is 26.7 Å². The number of hydrogen-bond donors (Lipinski definition) is 1. The maximum absolute atomic E-state index is 10.0. The topological polar surface area (TPSA) is 46.5 Å². The monoisotopic (exact) mass is 160 g/mol. The lowest BCUT2D eigenvalue weighted by Crippen LogP contribution is -2.04. The van der Waals surface area contributed by atoms with Gasteiger partial charge in [-0.1, -0.05) is 13.8 Å². The Labute approximate surface area is 67.4 Å². The standard InChI is InChI=1S/C8H16O3/c1-7(2)6-11-5-3-4-8(9)10/h7H,3-6H2,1-2H3,(H,9,10). The predicted octanol–water partition coefficient (Wildman–Crippen LogP) is 1.52. The minimum atomic E-state index is -0.752. The quantitative estimate of drug-likeness (QED) is 0.599. The Bertz CT molecular complexity index is 110. The van der Waals surface area contributed by atoms with Crippen LogP contribution in [0.15, 0.2) is 0 Å². The summed E-state index contributed by atoms with van der Waals surface area (Å²) in [5.74, 6) is -0.224. The molecule has 0 aromatic carbocycles. The number of carbonyl (C=O) groups is 1. The Balaban J connectivity index is 2.97. The molecule has 0 aliphatic heterocycles. The molecule has 0 aliphatic rings. The number of carboxylic acid groups (broad SMARTS) is 1. The molecule has 0 unspecified atom stereocenters. The average molecular weight is 160 g/mol. The highest BCUT2D eigenvalue weighted by Gasteiger charge is 1.97. The Morgan fingerprint density at radius 2 is 2.18 bits per heavy atom. The molecule has 0 amide bonds. The summed E-state index contributed by atoms with van der Waals surface area (Å²) in [7, 11) is 0. The van der Waals surface area contributed by atoms with Gasteiger partial charge in [-0.3, -0.25) is 4.79 Å². The van der Waals surface area contributed by atoms with Gasteiger partial charge in [0.15, 0.2) is 0 Å². The number of rotatable bonds is 6. The van der Waals surface area contributed by atoms with Crippen LogP contribution in [0.25, 0.3) is 0 Å². The second kappa shape index (κ2) is 6.16. The minimum Gasteiger partial charge on any atom is -0.481 e. The van der Waals surface area contributed by atoms with Gasteiger partial charge in [0.2, 0.25) is 0 Å². The molecule has 0 rings (SSSR count). The van der Waals surface area contributed by atoms with E-state index in [1.807, 2.05) is 0 Å². The van der Waals surface area contributed by atoms with Crippen molar-refractivity contribution < 1.29 is 14.6 Å². The first-order valence-corrected chi connectivity index (χ1v) is 3.92. The van der Waals surface area contributed by atoms with Gasteiger partial charge in [0.05, 0.1) is 0 Å². The molecule has 0 heterocycles. The summed E-state index contributed by atoms with van der Waals surface area (Å²) in [5, 5.41) is 8.27. The van der Waals surface area contributed by atoms with E-state index in [-0.39, 0.29) is 6.42 Å². The van der Waals surface area contributed by atoms with E-state index in [4.69, 9.17) is 9.84 Å². The summed E-state index contributed by atoms with van der Waals surface area (Å²) in [6.07, 6.45) is 0.820. The van der Waals surface area contributed by atoms with Crippen molar-refractivity contribution in [3.05, 3.63) is 0 Å². The van der Waals surface area contributed by atoms with E-state index in [0.29, 0.717) is 18.9 Å². The van der Waals surface area contributed by atoms with Crippen molar-refractivity contribution in [1.82, 2.24) is 0 Å². The van der Waals surface area contributed by atoms with Crippen LogP contribution in [-0.2, 0) is 9.53 Å². The molecule has 0 atom stereocenters. The van der Waals surface area contributed by atoms with Gasteiger partial charge in [0, 0.05) is 19.6 Å². The predicted molar refractivity (Wildman–Crippen MR) is 42.5 cm³/mol. The van der Waals surface area contributed by atoms with Gasteiger partial charge in [-0.15, -0.1) is 0 Å². The fourth-order valence-electron chi connectivity index (χ4n) is 0.644. The van der Waals surface area contributed by atoms with Crippen LogP contribution in [0.2, 0.25) is 0 Å². The molecule has 0 fully saturated rings. The van der Waals surface area contributed by atoms with Crippen LogP contribution < -0.4 is 0 Å².